The van der Waals surface area contributed by atoms with Crippen molar-refractivity contribution in [1.29, 1.82) is 0 Å². The van der Waals surface area contributed by atoms with Crippen LogP contribution in [0, 0.1) is 5.92 Å². The largest absolute Gasteiger partial charge is 0.497 e. The summed E-state index contributed by atoms with van der Waals surface area (Å²) in [7, 11) is 3.31. The highest BCUT2D eigenvalue weighted by Crippen LogP contribution is 2.46. The van der Waals surface area contributed by atoms with Crippen LogP contribution in [0.4, 0.5) is 0 Å². The quantitative estimate of drug-likeness (QED) is 0.851. The Labute approximate surface area is 129 Å². The van der Waals surface area contributed by atoms with Gasteiger partial charge in [-0.2, -0.15) is 0 Å². The molecule has 2 aromatic carbocycles. The Morgan fingerprint density at radius 1 is 0.864 bits per heavy atom. The van der Waals surface area contributed by atoms with E-state index in [1.165, 1.54) is 11.1 Å². The Bertz CT molecular complexity index is 763. The summed E-state index contributed by atoms with van der Waals surface area (Å²) in [5.74, 6) is 2.23. The Balaban J connectivity index is 1.76. The molecule has 0 fully saturated rings. The van der Waals surface area contributed by atoms with Crippen molar-refractivity contribution in [2.75, 3.05) is 14.2 Å². The molecule has 2 aliphatic rings. The number of fused-ring (bicyclic) bond motifs is 4. The number of hydrogen-bond acceptors (Lipinski definition) is 3. The number of carbonyl (C=O) groups excluding carboxylic acids is 1. The molecule has 2 aromatic rings. The van der Waals surface area contributed by atoms with Crippen LogP contribution in [0.1, 0.15) is 33.0 Å². The van der Waals surface area contributed by atoms with Crippen LogP contribution in [0.5, 0.6) is 11.5 Å². The first kappa shape index (κ1) is 13.4. The third kappa shape index (κ3) is 1.85. The molecule has 0 unspecified atom stereocenters. The van der Waals surface area contributed by atoms with Gasteiger partial charge in [0.25, 0.3) is 0 Å². The van der Waals surface area contributed by atoms with Gasteiger partial charge in [0.1, 0.15) is 11.5 Å². The van der Waals surface area contributed by atoms with E-state index in [9.17, 15) is 4.79 Å². The lowest BCUT2D eigenvalue weighted by molar-refractivity contribution is 0.0894. The second-order valence-electron chi connectivity index (χ2n) is 6.07. The average Bonchev–Trinajstić information content (AvgIpc) is 2.92. The second kappa shape index (κ2) is 4.87. The molecule has 112 valence electrons. The van der Waals surface area contributed by atoms with E-state index in [0.29, 0.717) is 5.92 Å². The first-order valence-electron chi connectivity index (χ1n) is 7.59. The monoisotopic (exact) mass is 294 g/mol. The van der Waals surface area contributed by atoms with E-state index in [-0.39, 0.29) is 11.7 Å². The number of methoxy groups -OCH3 is 2. The van der Waals surface area contributed by atoms with E-state index in [1.54, 1.807) is 14.2 Å². The van der Waals surface area contributed by atoms with E-state index in [4.69, 9.17) is 9.47 Å². The predicted molar refractivity (Wildman–Crippen MR) is 84.0 cm³/mol. The molecule has 0 N–H and O–H groups in total. The summed E-state index contributed by atoms with van der Waals surface area (Å²) in [6.07, 6.45) is 1.74. The van der Waals surface area contributed by atoms with Crippen molar-refractivity contribution in [3.63, 3.8) is 0 Å². The van der Waals surface area contributed by atoms with Crippen molar-refractivity contribution >= 4 is 5.78 Å². The number of benzene rings is 2. The first-order valence-corrected chi connectivity index (χ1v) is 7.59. The van der Waals surface area contributed by atoms with Gasteiger partial charge in [-0.15, -0.1) is 0 Å². The van der Waals surface area contributed by atoms with E-state index < -0.39 is 0 Å². The minimum atomic E-state index is 0.0571. The van der Waals surface area contributed by atoms with Gasteiger partial charge in [-0.3, -0.25) is 4.79 Å². The zero-order chi connectivity index (χ0) is 15.3. The van der Waals surface area contributed by atoms with Gasteiger partial charge < -0.3 is 9.47 Å². The summed E-state index contributed by atoms with van der Waals surface area (Å²) in [6, 6.07) is 12.1. The minimum Gasteiger partial charge on any atom is -0.497 e. The molecule has 2 aliphatic carbocycles. The maximum atomic E-state index is 12.9. The zero-order valence-electron chi connectivity index (χ0n) is 12.8. The molecule has 0 aliphatic heterocycles. The Hall–Kier alpha value is -2.29. The molecule has 0 aromatic heterocycles. The number of rotatable bonds is 2. The van der Waals surface area contributed by atoms with Gasteiger partial charge >= 0.3 is 0 Å². The molecule has 3 heteroatoms. The van der Waals surface area contributed by atoms with E-state index in [0.717, 1.165) is 35.5 Å². The highest BCUT2D eigenvalue weighted by atomic mass is 16.5. The molecule has 0 saturated heterocycles. The van der Waals surface area contributed by atoms with E-state index in [1.807, 2.05) is 24.3 Å². The third-order valence-corrected chi connectivity index (χ3v) is 5.03. The van der Waals surface area contributed by atoms with Crippen LogP contribution in [-0.2, 0) is 12.8 Å². The van der Waals surface area contributed by atoms with Gasteiger partial charge in [0.15, 0.2) is 5.78 Å². The Kier molecular flexibility index (Phi) is 2.96. The molecule has 0 radical (unpaired) electrons. The fourth-order valence-corrected chi connectivity index (χ4v) is 3.90. The molecule has 0 spiro atoms. The first-order chi connectivity index (χ1) is 10.7. The minimum absolute atomic E-state index is 0.0571. The van der Waals surface area contributed by atoms with Crippen LogP contribution in [0.2, 0.25) is 0 Å². The lowest BCUT2D eigenvalue weighted by atomic mass is 9.75. The summed E-state index contributed by atoms with van der Waals surface area (Å²) < 4.78 is 10.6. The van der Waals surface area contributed by atoms with Crippen molar-refractivity contribution in [3.05, 3.63) is 58.7 Å². The van der Waals surface area contributed by atoms with Crippen LogP contribution in [0.25, 0.3) is 0 Å². The molecule has 0 bridgehead atoms. The van der Waals surface area contributed by atoms with Gasteiger partial charge in [-0.25, -0.2) is 0 Å². The number of carbonyl (C=O) groups is 1. The van der Waals surface area contributed by atoms with Crippen LogP contribution >= 0.6 is 0 Å². The van der Waals surface area contributed by atoms with Crippen LogP contribution in [0.3, 0.4) is 0 Å². The predicted octanol–water partition coefficient (Wildman–Crippen LogP) is 3.40. The molecular formula is C19H18O3. The lowest BCUT2D eigenvalue weighted by Crippen LogP contribution is -2.27. The van der Waals surface area contributed by atoms with Gasteiger partial charge in [-0.05, 0) is 59.7 Å². The number of ether oxygens (including phenoxy) is 2. The van der Waals surface area contributed by atoms with Gasteiger partial charge in [0.05, 0.1) is 14.2 Å². The summed E-state index contributed by atoms with van der Waals surface area (Å²) in [6.45, 7) is 0. The fourth-order valence-electron chi connectivity index (χ4n) is 3.90. The van der Waals surface area contributed by atoms with Gasteiger partial charge in [-0.1, -0.05) is 12.1 Å². The van der Waals surface area contributed by atoms with Crippen molar-refractivity contribution in [3.8, 4) is 11.5 Å². The molecule has 0 saturated carbocycles. The topological polar surface area (TPSA) is 35.5 Å². The molecular weight excluding hydrogens is 276 g/mol. The van der Waals surface area contributed by atoms with E-state index in [2.05, 4.69) is 12.1 Å². The summed E-state index contributed by atoms with van der Waals surface area (Å²) in [4.78, 5) is 12.9. The number of Topliss-reactive ketones (excluding diaryl/α,β-unsaturated/α-hetero) is 1. The highest BCUT2D eigenvalue weighted by molar-refractivity contribution is 6.02. The zero-order valence-corrected chi connectivity index (χ0v) is 12.8. The average molecular weight is 294 g/mol. The van der Waals surface area contributed by atoms with Crippen molar-refractivity contribution in [2.24, 2.45) is 5.92 Å². The van der Waals surface area contributed by atoms with Crippen molar-refractivity contribution in [2.45, 2.75) is 18.8 Å². The summed E-state index contributed by atoms with van der Waals surface area (Å²) >= 11 is 0. The van der Waals surface area contributed by atoms with Crippen molar-refractivity contribution < 1.29 is 14.3 Å². The standard InChI is InChI=1S/C19H18O3/c1-21-13-5-6-15-12(7-13)9-18-17(15)8-11-3-4-14(22-2)10-16(11)19(18)20/h3-7,10,17-18H,8-9H2,1-2H3/t17-,18+/m1/s1. The highest BCUT2D eigenvalue weighted by Gasteiger charge is 2.41. The molecule has 4 rings (SSSR count). The van der Waals surface area contributed by atoms with E-state index >= 15 is 0 Å². The third-order valence-electron chi connectivity index (χ3n) is 5.03. The van der Waals surface area contributed by atoms with Crippen LogP contribution in [0.15, 0.2) is 36.4 Å². The van der Waals surface area contributed by atoms with Crippen LogP contribution in [-0.4, -0.2) is 20.0 Å². The maximum Gasteiger partial charge on any atom is 0.167 e. The van der Waals surface area contributed by atoms with Crippen molar-refractivity contribution in [1.82, 2.24) is 0 Å². The number of ketones is 1. The molecule has 22 heavy (non-hydrogen) atoms. The maximum absolute atomic E-state index is 12.9. The van der Waals surface area contributed by atoms with Gasteiger partial charge in [0.2, 0.25) is 0 Å². The lowest BCUT2D eigenvalue weighted by Gasteiger charge is -2.27. The number of hydrogen-bond donors (Lipinski definition) is 0. The molecule has 0 heterocycles. The molecule has 3 nitrogen and oxygen atoms in total. The Morgan fingerprint density at radius 2 is 1.55 bits per heavy atom. The van der Waals surface area contributed by atoms with Gasteiger partial charge in [0, 0.05) is 11.5 Å². The summed E-state index contributed by atoms with van der Waals surface area (Å²) in [5.41, 5.74) is 4.53. The second-order valence-corrected chi connectivity index (χ2v) is 6.07. The molecule has 2 atom stereocenters. The summed E-state index contributed by atoms with van der Waals surface area (Å²) in [5, 5.41) is 0. The SMILES string of the molecule is COc1ccc2c(c1)C[C@@H]1C(=O)c3cc(OC)ccc3C[C@H]21. The Morgan fingerprint density at radius 3 is 2.32 bits per heavy atom. The smallest absolute Gasteiger partial charge is 0.167 e. The van der Waals surface area contributed by atoms with Crippen LogP contribution < -0.4 is 9.47 Å². The molecule has 0 amide bonds. The normalized spacial score (nSPS) is 21.8. The fraction of sp³-hybridized carbons (Fsp3) is 0.316.